The van der Waals surface area contributed by atoms with E-state index in [0.717, 1.165) is 44.5 Å². The van der Waals surface area contributed by atoms with Crippen LogP contribution < -0.4 is 5.32 Å². The molecular weight excluding hydrogens is 326 g/mol. The summed E-state index contributed by atoms with van der Waals surface area (Å²) >= 11 is 0. The first-order valence-electron chi connectivity index (χ1n) is 10.1. The Labute approximate surface area is 156 Å². The highest BCUT2D eigenvalue weighted by Gasteiger charge is 2.37. The maximum Gasteiger partial charge on any atom is 0.253 e. The quantitative estimate of drug-likeness (QED) is 0.851. The largest absolute Gasteiger partial charge is 0.355 e. The minimum Gasteiger partial charge on any atom is -0.355 e. The van der Waals surface area contributed by atoms with Crippen molar-refractivity contribution >= 4 is 11.8 Å². The van der Waals surface area contributed by atoms with E-state index < -0.39 is 0 Å². The van der Waals surface area contributed by atoms with Crippen LogP contribution in [-0.4, -0.2) is 60.4 Å². The Hall–Kier alpha value is -1.88. The molecular formula is C21H31N3O2. The Morgan fingerprint density at radius 1 is 1.08 bits per heavy atom. The number of carbonyl (C=O) groups excluding carboxylic acids is 2. The van der Waals surface area contributed by atoms with Gasteiger partial charge in [0.05, 0.1) is 6.04 Å². The van der Waals surface area contributed by atoms with Crippen molar-refractivity contribution in [3.8, 4) is 0 Å². The number of nitrogens with zero attached hydrogens (tertiary/aromatic N) is 2. The van der Waals surface area contributed by atoms with E-state index in [1.54, 1.807) is 0 Å². The third-order valence-electron chi connectivity index (χ3n) is 5.68. The van der Waals surface area contributed by atoms with E-state index in [4.69, 9.17) is 0 Å². The summed E-state index contributed by atoms with van der Waals surface area (Å²) in [6, 6.07) is 9.44. The highest BCUT2D eigenvalue weighted by Crippen LogP contribution is 2.31. The number of benzene rings is 1. The van der Waals surface area contributed by atoms with Crippen molar-refractivity contribution in [1.29, 1.82) is 0 Å². The lowest BCUT2D eigenvalue weighted by molar-refractivity contribution is -0.129. The van der Waals surface area contributed by atoms with Crippen molar-refractivity contribution in [2.24, 2.45) is 5.92 Å². The number of carbonyl (C=O) groups is 2. The summed E-state index contributed by atoms with van der Waals surface area (Å²) in [6.45, 7) is 5.77. The smallest absolute Gasteiger partial charge is 0.253 e. The first-order valence-corrected chi connectivity index (χ1v) is 10.1. The highest BCUT2D eigenvalue weighted by atomic mass is 16.2. The van der Waals surface area contributed by atoms with Crippen LogP contribution in [0.2, 0.25) is 0 Å². The van der Waals surface area contributed by atoms with E-state index in [0.29, 0.717) is 19.0 Å². The van der Waals surface area contributed by atoms with Crippen molar-refractivity contribution in [3.63, 3.8) is 0 Å². The van der Waals surface area contributed by atoms with Gasteiger partial charge in [0.2, 0.25) is 5.91 Å². The molecule has 5 nitrogen and oxygen atoms in total. The second kappa shape index (κ2) is 9.17. The van der Waals surface area contributed by atoms with Crippen LogP contribution in [0.4, 0.5) is 0 Å². The average Bonchev–Trinajstić information content (AvgIpc) is 3.21. The molecule has 2 amide bonds. The second-order valence-corrected chi connectivity index (χ2v) is 7.47. The molecule has 5 heteroatoms. The molecule has 3 rings (SSSR count). The highest BCUT2D eigenvalue weighted by molar-refractivity contribution is 5.94. The fourth-order valence-electron chi connectivity index (χ4n) is 4.27. The zero-order chi connectivity index (χ0) is 18.4. The van der Waals surface area contributed by atoms with Crippen molar-refractivity contribution in [3.05, 3.63) is 35.9 Å². The van der Waals surface area contributed by atoms with E-state index in [-0.39, 0.29) is 17.9 Å². The average molecular weight is 357 g/mol. The van der Waals surface area contributed by atoms with Crippen molar-refractivity contribution in [2.75, 3.05) is 32.7 Å². The Morgan fingerprint density at radius 2 is 1.73 bits per heavy atom. The predicted octanol–water partition coefficient (Wildman–Crippen LogP) is 2.53. The maximum atomic E-state index is 12.8. The Bertz CT molecular complexity index is 591. The van der Waals surface area contributed by atoms with Gasteiger partial charge in [0.25, 0.3) is 5.91 Å². The molecule has 1 N–H and O–H groups in total. The van der Waals surface area contributed by atoms with Gasteiger partial charge >= 0.3 is 0 Å². The summed E-state index contributed by atoms with van der Waals surface area (Å²) < 4.78 is 0. The lowest BCUT2D eigenvalue weighted by Crippen LogP contribution is -2.58. The van der Waals surface area contributed by atoms with Gasteiger partial charge in [-0.15, -0.1) is 0 Å². The summed E-state index contributed by atoms with van der Waals surface area (Å²) in [7, 11) is 0. The van der Waals surface area contributed by atoms with Crippen LogP contribution in [-0.2, 0) is 4.79 Å². The van der Waals surface area contributed by atoms with E-state index in [2.05, 4.69) is 17.1 Å². The molecule has 0 bridgehead atoms. The summed E-state index contributed by atoms with van der Waals surface area (Å²) in [5.41, 5.74) is 0.744. The van der Waals surface area contributed by atoms with Crippen LogP contribution in [0.3, 0.4) is 0 Å². The zero-order valence-electron chi connectivity index (χ0n) is 15.8. The van der Waals surface area contributed by atoms with Crippen LogP contribution >= 0.6 is 0 Å². The van der Waals surface area contributed by atoms with Crippen LogP contribution in [0.5, 0.6) is 0 Å². The normalized spacial score (nSPS) is 20.1. The number of hydrogen-bond donors (Lipinski definition) is 1. The lowest BCUT2D eigenvalue weighted by atomic mass is 9.95. The Morgan fingerprint density at radius 3 is 2.35 bits per heavy atom. The van der Waals surface area contributed by atoms with Gasteiger partial charge < -0.3 is 10.2 Å². The van der Waals surface area contributed by atoms with Crippen LogP contribution in [0.25, 0.3) is 0 Å². The van der Waals surface area contributed by atoms with E-state index in [1.165, 1.54) is 12.8 Å². The summed E-state index contributed by atoms with van der Waals surface area (Å²) in [6.07, 6.45) is 5.71. The molecule has 1 saturated carbocycles. The summed E-state index contributed by atoms with van der Waals surface area (Å²) in [5.74, 6) is 0.739. The van der Waals surface area contributed by atoms with Gasteiger partial charge in [-0.25, -0.2) is 0 Å². The number of amides is 2. The molecule has 142 valence electrons. The molecule has 1 unspecified atom stereocenters. The fourth-order valence-corrected chi connectivity index (χ4v) is 4.27. The van der Waals surface area contributed by atoms with Gasteiger partial charge in [0.15, 0.2) is 0 Å². The molecule has 1 aromatic rings. The van der Waals surface area contributed by atoms with Gasteiger partial charge in [-0.3, -0.25) is 14.5 Å². The molecule has 1 aromatic carbocycles. The SMILES string of the molecule is CCCNC(=O)C(C1CCCC1)N1CCN(C(=O)c2ccccc2)CC1. The molecule has 0 radical (unpaired) electrons. The monoisotopic (exact) mass is 357 g/mol. The van der Waals surface area contributed by atoms with Crippen molar-refractivity contribution in [1.82, 2.24) is 15.1 Å². The molecule has 1 atom stereocenters. The van der Waals surface area contributed by atoms with Crippen LogP contribution in [0.15, 0.2) is 30.3 Å². The maximum absolute atomic E-state index is 12.8. The van der Waals surface area contributed by atoms with E-state index in [9.17, 15) is 9.59 Å². The van der Waals surface area contributed by atoms with Gasteiger partial charge in [-0.1, -0.05) is 38.0 Å². The number of hydrogen-bond acceptors (Lipinski definition) is 3. The fraction of sp³-hybridized carbons (Fsp3) is 0.619. The molecule has 1 aliphatic carbocycles. The molecule has 2 aliphatic rings. The molecule has 1 aliphatic heterocycles. The molecule has 26 heavy (non-hydrogen) atoms. The minimum atomic E-state index is -0.0296. The van der Waals surface area contributed by atoms with Gasteiger partial charge in [0.1, 0.15) is 0 Å². The Balaban J connectivity index is 1.61. The predicted molar refractivity (Wildman–Crippen MR) is 103 cm³/mol. The van der Waals surface area contributed by atoms with E-state index >= 15 is 0 Å². The zero-order valence-corrected chi connectivity index (χ0v) is 15.8. The lowest BCUT2D eigenvalue weighted by Gasteiger charge is -2.40. The topological polar surface area (TPSA) is 52.7 Å². The van der Waals surface area contributed by atoms with E-state index in [1.807, 2.05) is 35.2 Å². The third kappa shape index (κ3) is 4.44. The first kappa shape index (κ1) is 18.9. The van der Waals surface area contributed by atoms with Gasteiger partial charge in [-0.05, 0) is 37.3 Å². The molecule has 1 saturated heterocycles. The van der Waals surface area contributed by atoms with Gasteiger partial charge in [0, 0.05) is 38.3 Å². The van der Waals surface area contributed by atoms with Crippen molar-refractivity contribution < 1.29 is 9.59 Å². The molecule has 1 heterocycles. The standard InChI is InChI=1S/C21H31N3O2/c1-2-12-22-20(25)19(17-8-6-7-9-17)23-13-15-24(16-14-23)21(26)18-10-4-3-5-11-18/h3-5,10-11,17,19H,2,6-9,12-16H2,1H3,(H,22,25). The van der Waals surface area contributed by atoms with Crippen molar-refractivity contribution in [2.45, 2.75) is 45.1 Å². The third-order valence-corrected chi connectivity index (χ3v) is 5.68. The number of rotatable bonds is 6. The van der Waals surface area contributed by atoms with Crippen LogP contribution in [0, 0.1) is 5.92 Å². The minimum absolute atomic E-state index is 0.0296. The molecule has 2 fully saturated rings. The number of nitrogens with one attached hydrogen (secondary N) is 1. The molecule has 0 spiro atoms. The second-order valence-electron chi connectivity index (χ2n) is 7.47. The molecule has 0 aromatic heterocycles. The summed E-state index contributed by atoms with van der Waals surface area (Å²) in [4.78, 5) is 29.7. The Kier molecular flexibility index (Phi) is 6.67. The first-order chi connectivity index (χ1) is 12.7. The van der Waals surface area contributed by atoms with Crippen LogP contribution in [0.1, 0.15) is 49.4 Å². The van der Waals surface area contributed by atoms with Gasteiger partial charge in [-0.2, -0.15) is 0 Å². The number of piperazine rings is 1. The summed E-state index contributed by atoms with van der Waals surface area (Å²) in [5, 5.41) is 3.11.